The van der Waals surface area contributed by atoms with Crippen LogP contribution in [-0.4, -0.2) is 35.1 Å². The third-order valence-corrected chi connectivity index (χ3v) is 5.79. The van der Waals surface area contributed by atoms with Gasteiger partial charge in [0.1, 0.15) is 21.6 Å². The lowest BCUT2D eigenvalue weighted by molar-refractivity contribution is -0.138. The molecule has 0 unspecified atom stereocenters. The average Bonchev–Trinajstić information content (AvgIpc) is 3.30. The third kappa shape index (κ3) is 6.84. The van der Waals surface area contributed by atoms with E-state index in [1.165, 1.54) is 12.1 Å². The van der Waals surface area contributed by atoms with Gasteiger partial charge in [-0.15, -0.1) is 10.2 Å². The zero-order chi connectivity index (χ0) is 24.7. The smallest absolute Gasteiger partial charge is 0.419 e. The maximum atomic E-state index is 13.6. The van der Waals surface area contributed by atoms with Crippen molar-refractivity contribution in [2.45, 2.75) is 31.5 Å². The Kier molecular flexibility index (Phi) is 8.75. The number of aromatic nitrogens is 2. The minimum Gasteiger partial charge on any atom is -0.493 e. The van der Waals surface area contributed by atoms with E-state index in [0.29, 0.717) is 24.3 Å². The number of benzene rings is 2. The minimum atomic E-state index is -4.65. The lowest BCUT2D eigenvalue weighted by Gasteiger charge is -2.15. The Morgan fingerprint density at radius 3 is 2.32 bits per heavy atom. The van der Waals surface area contributed by atoms with Gasteiger partial charge in [-0.3, -0.25) is 0 Å². The van der Waals surface area contributed by atoms with Gasteiger partial charge in [-0.1, -0.05) is 11.3 Å². The molecule has 0 saturated carbocycles. The highest BCUT2D eigenvalue weighted by Crippen LogP contribution is 2.39. The molecule has 3 N–H and O–H groups in total. The zero-order valence-corrected chi connectivity index (χ0v) is 18.6. The van der Waals surface area contributed by atoms with Crippen molar-refractivity contribution < 1.29 is 36.5 Å². The van der Waals surface area contributed by atoms with E-state index in [-0.39, 0.29) is 41.9 Å². The molecule has 3 aromatic rings. The average molecular weight is 503 g/mol. The van der Waals surface area contributed by atoms with Crippen LogP contribution in [0, 0.1) is 11.6 Å². The molecule has 0 aliphatic heterocycles. The Hall–Kier alpha value is -2.83. The zero-order valence-electron chi connectivity index (χ0n) is 17.8. The van der Waals surface area contributed by atoms with E-state index >= 15 is 0 Å². The fourth-order valence-corrected chi connectivity index (χ4v) is 3.75. The lowest BCUT2D eigenvalue weighted by atomic mass is 10.1. The number of aliphatic hydroxyl groups is 1. The number of halogens is 5. The van der Waals surface area contributed by atoms with Gasteiger partial charge in [0.05, 0.1) is 31.4 Å². The number of alkyl halides is 3. The second kappa shape index (κ2) is 11.5. The number of nitrogens with two attached hydrogens (primary N) is 1. The third-order valence-electron chi connectivity index (χ3n) is 4.68. The Labute approximate surface area is 196 Å². The summed E-state index contributed by atoms with van der Waals surface area (Å²) in [4.78, 5) is 0. The number of nitrogens with zero attached hydrogens (tertiary/aromatic N) is 2. The van der Waals surface area contributed by atoms with Crippen LogP contribution in [0.15, 0.2) is 36.4 Å². The maximum Gasteiger partial charge on any atom is 0.419 e. The second-order valence-electron chi connectivity index (χ2n) is 7.28. The standard InChI is InChI=1S/C22H22F5N3O3S/c23-14-5-6-16(24)19(11-14)33-9-3-1-2-8-32-18-7-4-13(10-15(18)22(25,26)27)20-29-30-21(34-20)17(28)12-31/h4-7,10-11,17,31H,1-3,8-9,12,28H2/t17-/m0/s1. The van der Waals surface area contributed by atoms with Crippen LogP contribution in [0.2, 0.25) is 0 Å². The van der Waals surface area contributed by atoms with Gasteiger partial charge in [0.15, 0.2) is 11.6 Å². The van der Waals surface area contributed by atoms with Crippen molar-refractivity contribution in [3.05, 3.63) is 58.6 Å². The molecule has 0 saturated heterocycles. The van der Waals surface area contributed by atoms with E-state index in [2.05, 4.69) is 10.2 Å². The van der Waals surface area contributed by atoms with Gasteiger partial charge in [0.2, 0.25) is 0 Å². The summed E-state index contributed by atoms with van der Waals surface area (Å²) in [5.41, 5.74) is 4.93. The molecule has 0 amide bonds. The van der Waals surface area contributed by atoms with Gasteiger partial charge in [0.25, 0.3) is 0 Å². The van der Waals surface area contributed by atoms with Crippen LogP contribution in [0.1, 0.15) is 35.9 Å². The highest BCUT2D eigenvalue weighted by molar-refractivity contribution is 7.14. The fraction of sp³-hybridized carbons (Fsp3) is 0.364. The summed E-state index contributed by atoms with van der Waals surface area (Å²) >= 11 is 1.00. The van der Waals surface area contributed by atoms with Crippen molar-refractivity contribution in [3.8, 4) is 22.1 Å². The monoisotopic (exact) mass is 503 g/mol. The lowest BCUT2D eigenvalue weighted by Crippen LogP contribution is -2.13. The molecule has 3 rings (SSSR count). The summed E-state index contributed by atoms with van der Waals surface area (Å²) in [5, 5.41) is 17.3. The molecule has 0 spiro atoms. The van der Waals surface area contributed by atoms with Crippen molar-refractivity contribution in [1.82, 2.24) is 10.2 Å². The molecule has 6 nitrogen and oxygen atoms in total. The van der Waals surface area contributed by atoms with Gasteiger partial charge in [-0.25, -0.2) is 8.78 Å². The number of aliphatic hydroxyl groups excluding tert-OH is 1. The quantitative estimate of drug-likeness (QED) is 0.279. The summed E-state index contributed by atoms with van der Waals surface area (Å²) in [7, 11) is 0. The number of hydrogen-bond donors (Lipinski definition) is 2. The van der Waals surface area contributed by atoms with Crippen LogP contribution in [0.4, 0.5) is 22.0 Å². The van der Waals surface area contributed by atoms with Crippen LogP contribution < -0.4 is 15.2 Å². The molecule has 0 aliphatic carbocycles. The number of rotatable bonds is 11. The summed E-state index contributed by atoms with van der Waals surface area (Å²) < 4.78 is 77.9. The van der Waals surface area contributed by atoms with Crippen molar-refractivity contribution in [2.24, 2.45) is 5.73 Å². The molecule has 0 fully saturated rings. The predicted molar refractivity (Wildman–Crippen MR) is 116 cm³/mol. The molecule has 34 heavy (non-hydrogen) atoms. The molecule has 12 heteroatoms. The van der Waals surface area contributed by atoms with Crippen molar-refractivity contribution in [3.63, 3.8) is 0 Å². The van der Waals surface area contributed by atoms with Crippen LogP contribution in [0.3, 0.4) is 0 Å². The van der Waals surface area contributed by atoms with Crippen molar-refractivity contribution in [1.29, 1.82) is 0 Å². The second-order valence-corrected chi connectivity index (χ2v) is 8.28. The van der Waals surface area contributed by atoms with Crippen LogP contribution in [0.25, 0.3) is 10.6 Å². The molecule has 2 aromatic carbocycles. The first-order chi connectivity index (χ1) is 16.2. The molecule has 1 heterocycles. The van der Waals surface area contributed by atoms with E-state index in [9.17, 15) is 22.0 Å². The van der Waals surface area contributed by atoms with Gasteiger partial charge >= 0.3 is 6.18 Å². The van der Waals surface area contributed by atoms with Gasteiger partial charge < -0.3 is 20.3 Å². The Balaban J connectivity index is 1.54. The molecule has 1 atom stereocenters. The summed E-state index contributed by atoms with van der Waals surface area (Å²) in [5.74, 6) is -1.79. The first-order valence-corrected chi connectivity index (χ1v) is 11.1. The molecular formula is C22H22F5N3O3S. The molecular weight excluding hydrogens is 481 g/mol. The summed E-state index contributed by atoms with van der Waals surface area (Å²) in [6.45, 7) is -0.194. The first kappa shape index (κ1) is 25.8. The van der Waals surface area contributed by atoms with Crippen LogP contribution >= 0.6 is 11.3 Å². The molecule has 0 bridgehead atoms. The molecule has 0 aliphatic rings. The molecule has 184 valence electrons. The Morgan fingerprint density at radius 1 is 0.941 bits per heavy atom. The minimum absolute atomic E-state index is 0.0328. The van der Waals surface area contributed by atoms with E-state index in [1.54, 1.807) is 0 Å². The van der Waals surface area contributed by atoms with E-state index in [1.807, 2.05) is 0 Å². The maximum absolute atomic E-state index is 13.6. The van der Waals surface area contributed by atoms with Crippen molar-refractivity contribution >= 4 is 11.3 Å². The van der Waals surface area contributed by atoms with Gasteiger partial charge in [0, 0.05) is 11.6 Å². The normalized spacial score (nSPS) is 12.6. The number of ether oxygens (including phenoxy) is 2. The number of unbranched alkanes of at least 4 members (excludes halogenated alkanes) is 2. The largest absolute Gasteiger partial charge is 0.493 e. The van der Waals surface area contributed by atoms with Crippen LogP contribution in [-0.2, 0) is 6.18 Å². The number of hydrogen-bond acceptors (Lipinski definition) is 7. The first-order valence-electron chi connectivity index (χ1n) is 10.3. The SMILES string of the molecule is N[C@@H](CO)c1nnc(-c2ccc(OCCCCCOc3cc(F)ccc3F)c(C(F)(F)F)c2)s1. The fourth-order valence-electron chi connectivity index (χ4n) is 2.92. The highest BCUT2D eigenvalue weighted by Gasteiger charge is 2.35. The van der Waals surface area contributed by atoms with E-state index < -0.39 is 29.4 Å². The highest BCUT2D eigenvalue weighted by atomic mass is 32.1. The summed E-state index contributed by atoms with van der Waals surface area (Å²) in [6.07, 6.45) is -3.18. The Bertz CT molecular complexity index is 1090. The van der Waals surface area contributed by atoms with Gasteiger partial charge in [-0.2, -0.15) is 13.2 Å². The van der Waals surface area contributed by atoms with Crippen LogP contribution in [0.5, 0.6) is 11.5 Å². The molecule has 1 aromatic heterocycles. The molecule has 0 radical (unpaired) electrons. The Morgan fingerprint density at radius 2 is 1.65 bits per heavy atom. The van der Waals surface area contributed by atoms with Gasteiger partial charge in [-0.05, 0) is 49.6 Å². The van der Waals surface area contributed by atoms with E-state index in [4.69, 9.17) is 20.3 Å². The predicted octanol–water partition coefficient (Wildman–Crippen LogP) is 5.12. The summed E-state index contributed by atoms with van der Waals surface area (Å²) in [6, 6.07) is 5.75. The topological polar surface area (TPSA) is 90.5 Å². The van der Waals surface area contributed by atoms with E-state index in [0.717, 1.165) is 35.6 Å². The van der Waals surface area contributed by atoms with Crippen molar-refractivity contribution in [2.75, 3.05) is 19.8 Å².